The van der Waals surface area contributed by atoms with Gasteiger partial charge in [0.05, 0.1) is 33.1 Å². The van der Waals surface area contributed by atoms with E-state index in [4.69, 9.17) is 19.3 Å². The van der Waals surface area contributed by atoms with Crippen molar-refractivity contribution in [2.45, 2.75) is 6.42 Å². The van der Waals surface area contributed by atoms with Crippen LogP contribution < -0.4 is 25.1 Å². The molecule has 1 amide bonds. The molecule has 10 heteroatoms. The highest BCUT2D eigenvalue weighted by Crippen LogP contribution is 2.33. The standard InChI is InChI=1S/C29H33N5O5/c1-34(15-16-35)14-7-17-39-24-13-11-22(19-23(24)20-8-5-4-6-9-20)30-32-28-27(31-33-29(28)36)21-10-12-25(37-2)26(18-21)38-3/h4-6,8-13,18-19,30,35H,7,14-17H2,1-3H3,(H,32,33,36). The molecule has 0 fully saturated rings. The number of aliphatic hydroxyl groups is 1. The summed E-state index contributed by atoms with van der Waals surface area (Å²) in [5.74, 6) is 1.42. The van der Waals surface area contributed by atoms with Crippen molar-refractivity contribution in [2.24, 2.45) is 10.2 Å². The van der Waals surface area contributed by atoms with Gasteiger partial charge in [-0.15, -0.1) is 0 Å². The summed E-state index contributed by atoms with van der Waals surface area (Å²) in [6.07, 6.45) is 0.825. The second kappa shape index (κ2) is 13.4. The van der Waals surface area contributed by atoms with Crippen LogP contribution in [0.4, 0.5) is 5.69 Å². The zero-order valence-electron chi connectivity index (χ0n) is 22.3. The number of hydrogen-bond acceptors (Lipinski definition) is 9. The second-order valence-electron chi connectivity index (χ2n) is 8.85. The number of nitrogens with one attached hydrogen (secondary N) is 2. The van der Waals surface area contributed by atoms with Gasteiger partial charge in [0.25, 0.3) is 5.91 Å². The molecule has 0 bridgehead atoms. The topological polar surface area (TPSA) is 117 Å². The van der Waals surface area contributed by atoms with Crippen molar-refractivity contribution < 1.29 is 24.1 Å². The number of nitrogens with zero attached hydrogens (tertiary/aromatic N) is 3. The molecule has 1 aliphatic heterocycles. The van der Waals surface area contributed by atoms with Crippen molar-refractivity contribution >= 4 is 23.0 Å². The smallest absolute Gasteiger partial charge is 0.294 e. The van der Waals surface area contributed by atoms with Crippen LogP contribution in [0.25, 0.3) is 11.1 Å². The zero-order chi connectivity index (χ0) is 27.6. The molecule has 0 atom stereocenters. The molecule has 0 saturated carbocycles. The first-order valence-corrected chi connectivity index (χ1v) is 12.6. The lowest BCUT2D eigenvalue weighted by Gasteiger charge is -2.16. The van der Waals surface area contributed by atoms with Crippen LogP contribution >= 0.6 is 0 Å². The van der Waals surface area contributed by atoms with Crippen molar-refractivity contribution in [2.75, 3.05) is 53.0 Å². The summed E-state index contributed by atoms with van der Waals surface area (Å²) in [4.78, 5) is 14.6. The third-order valence-electron chi connectivity index (χ3n) is 6.15. The third-order valence-corrected chi connectivity index (χ3v) is 6.15. The molecule has 0 aliphatic carbocycles. The first-order valence-electron chi connectivity index (χ1n) is 12.6. The Morgan fingerprint density at radius 3 is 2.46 bits per heavy atom. The van der Waals surface area contributed by atoms with E-state index in [1.54, 1.807) is 32.4 Å². The van der Waals surface area contributed by atoms with Gasteiger partial charge in [0, 0.05) is 24.2 Å². The average molecular weight is 532 g/mol. The fourth-order valence-electron chi connectivity index (χ4n) is 4.10. The third kappa shape index (κ3) is 6.92. The molecule has 204 valence electrons. The molecule has 3 aromatic rings. The lowest BCUT2D eigenvalue weighted by Crippen LogP contribution is -2.25. The lowest BCUT2D eigenvalue weighted by atomic mass is 10.0. The summed E-state index contributed by atoms with van der Waals surface area (Å²) in [7, 11) is 5.08. The van der Waals surface area contributed by atoms with Gasteiger partial charge in [0.1, 0.15) is 11.5 Å². The molecular formula is C29H33N5O5. The Labute approximate surface area is 227 Å². The number of likely N-dealkylation sites (N-methyl/N-ethyl adjacent to an activating group) is 1. The Morgan fingerprint density at radius 2 is 1.72 bits per heavy atom. The number of carbonyl (C=O) groups is 1. The lowest BCUT2D eigenvalue weighted by molar-refractivity contribution is -0.114. The predicted octanol–water partition coefficient (Wildman–Crippen LogP) is 3.37. The van der Waals surface area contributed by atoms with E-state index in [0.717, 1.165) is 29.8 Å². The monoisotopic (exact) mass is 531 g/mol. The Hall–Kier alpha value is -4.41. The van der Waals surface area contributed by atoms with Crippen LogP contribution in [0.15, 0.2) is 76.9 Å². The minimum atomic E-state index is -0.415. The van der Waals surface area contributed by atoms with E-state index in [1.165, 1.54) is 0 Å². The molecule has 0 radical (unpaired) electrons. The molecule has 4 rings (SSSR count). The molecule has 1 aliphatic rings. The Bertz CT molecular complexity index is 1340. The van der Waals surface area contributed by atoms with Gasteiger partial charge < -0.3 is 24.2 Å². The first kappa shape index (κ1) is 27.6. The van der Waals surface area contributed by atoms with E-state index in [9.17, 15) is 4.79 Å². The minimum Gasteiger partial charge on any atom is -0.493 e. The van der Waals surface area contributed by atoms with Crippen molar-refractivity contribution in [3.8, 4) is 28.4 Å². The summed E-state index contributed by atoms with van der Waals surface area (Å²) < 4.78 is 16.8. The van der Waals surface area contributed by atoms with Crippen molar-refractivity contribution in [1.82, 2.24) is 10.3 Å². The number of amides is 1. The van der Waals surface area contributed by atoms with Gasteiger partial charge in [-0.25, -0.2) is 5.43 Å². The summed E-state index contributed by atoms with van der Waals surface area (Å²) in [6, 6.07) is 20.9. The van der Waals surface area contributed by atoms with E-state index in [2.05, 4.69) is 26.0 Å². The molecule has 0 aromatic heterocycles. The molecule has 10 nitrogen and oxygen atoms in total. The van der Waals surface area contributed by atoms with Gasteiger partial charge in [-0.1, -0.05) is 30.3 Å². The molecule has 3 N–H and O–H groups in total. The van der Waals surface area contributed by atoms with Crippen LogP contribution in [0.2, 0.25) is 0 Å². The van der Waals surface area contributed by atoms with Gasteiger partial charge in [-0.2, -0.15) is 10.2 Å². The number of ether oxygens (including phenoxy) is 3. The molecule has 3 aromatic carbocycles. The molecule has 1 heterocycles. The number of hydrazone groups is 2. The second-order valence-corrected chi connectivity index (χ2v) is 8.85. The number of hydrogen-bond donors (Lipinski definition) is 3. The van der Waals surface area contributed by atoms with Gasteiger partial charge in [-0.3, -0.25) is 10.2 Å². The largest absolute Gasteiger partial charge is 0.493 e. The van der Waals surface area contributed by atoms with Crippen LogP contribution in [0.3, 0.4) is 0 Å². The highest BCUT2D eigenvalue weighted by molar-refractivity contribution is 6.72. The molecule has 0 spiro atoms. The maximum atomic E-state index is 12.5. The van der Waals surface area contributed by atoms with E-state index >= 15 is 0 Å². The SMILES string of the molecule is COc1ccc(C2=NNC(=O)/C2=N\Nc2ccc(OCCCN(C)CCO)c(-c3ccccc3)c2)cc1OC. The Balaban J connectivity index is 1.54. The molecular weight excluding hydrogens is 498 g/mol. The number of methoxy groups -OCH3 is 2. The van der Waals surface area contributed by atoms with Crippen molar-refractivity contribution in [1.29, 1.82) is 0 Å². The van der Waals surface area contributed by atoms with Crippen LogP contribution in [-0.4, -0.2) is 74.9 Å². The summed E-state index contributed by atoms with van der Waals surface area (Å²) in [6.45, 7) is 2.13. The Morgan fingerprint density at radius 1 is 0.949 bits per heavy atom. The maximum absolute atomic E-state index is 12.5. The van der Waals surface area contributed by atoms with Gasteiger partial charge in [0.15, 0.2) is 17.2 Å². The number of rotatable bonds is 13. The van der Waals surface area contributed by atoms with Crippen LogP contribution in [-0.2, 0) is 4.79 Å². The maximum Gasteiger partial charge on any atom is 0.294 e. The van der Waals surface area contributed by atoms with Crippen molar-refractivity contribution in [3.05, 3.63) is 72.3 Å². The fourth-order valence-corrected chi connectivity index (χ4v) is 4.10. The first-order chi connectivity index (χ1) is 19.0. The summed E-state index contributed by atoms with van der Waals surface area (Å²) >= 11 is 0. The number of anilines is 1. The Kier molecular flexibility index (Phi) is 9.49. The molecule has 0 saturated heterocycles. The van der Waals surface area contributed by atoms with Crippen LogP contribution in [0, 0.1) is 0 Å². The number of benzene rings is 3. The van der Waals surface area contributed by atoms with E-state index in [0.29, 0.717) is 41.6 Å². The average Bonchev–Trinajstić information content (AvgIpc) is 3.34. The van der Waals surface area contributed by atoms with Gasteiger partial charge in [-0.05, 0) is 55.4 Å². The highest BCUT2D eigenvalue weighted by atomic mass is 16.5. The van der Waals surface area contributed by atoms with Crippen LogP contribution in [0.1, 0.15) is 12.0 Å². The summed E-state index contributed by atoms with van der Waals surface area (Å²) in [5, 5.41) is 17.6. The van der Waals surface area contributed by atoms with Gasteiger partial charge >= 0.3 is 0 Å². The minimum absolute atomic E-state index is 0.136. The fraction of sp³-hybridized carbons (Fsp3) is 0.276. The molecule has 0 unspecified atom stereocenters. The van der Waals surface area contributed by atoms with E-state index < -0.39 is 5.91 Å². The zero-order valence-corrected chi connectivity index (χ0v) is 22.3. The normalized spacial score (nSPS) is 13.8. The van der Waals surface area contributed by atoms with Gasteiger partial charge in [0.2, 0.25) is 0 Å². The highest BCUT2D eigenvalue weighted by Gasteiger charge is 2.27. The summed E-state index contributed by atoms with van der Waals surface area (Å²) in [5.41, 5.74) is 9.26. The quantitative estimate of drug-likeness (QED) is 0.229. The number of aliphatic hydroxyl groups excluding tert-OH is 1. The predicted molar refractivity (Wildman–Crippen MR) is 152 cm³/mol. The number of carbonyl (C=O) groups excluding carboxylic acids is 1. The van der Waals surface area contributed by atoms with E-state index in [-0.39, 0.29) is 12.3 Å². The van der Waals surface area contributed by atoms with Crippen LogP contribution in [0.5, 0.6) is 17.2 Å². The molecule has 39 heavy (non-hydrogen) atoms. The van der Waals surface area contributed by atoms with Crippen molar-refractivity contribution in [3.63, 3.8) is 0 Å². The van der Waals surface area contributed by atoms with E-state index in [1.807, 2.05) is 55.6 Å².